The van der Waals surface area contributed by atoms with Crippen LogP contribution in [0.4, 0.5) is 0 Å². The Morgan fingerprint density at radius 3 is 2.32 bits per heavy atom. The van der Waals surface area contributed by atoms with Crippen molar-refractivity contribution in [2.24, 2.45) is 10.9 Å². The molecule has 2 aliphatic rings. The lowest BCUT2D eigenvalue weighted by Gasteiger charge is -2.29. The van der Waals surface area contributed by atoms with Crippen LogP contribution in [-0.2, 0) is 24.7 Å². The number of aliphatic imine (C=N–C) groups is 1. The number of likely N-dealkylation sites (N-methyl/N-ethyl adjacent to an activating group) is 1. The lowest BCUT2D eigenvalue weighted by Crippen LogP contribution is -2.48. The van der Waals surface area contributed by atoms with E-state index in [0.717, 1.165) is 44.8 Å². The summed E-state index contributed by atoms with van der Waals surface area (Å²) < 4.78 is 23.3. The number of thiazole rings is 1. The fourth-order valence-corrected chi connectivity index (χ4v) is 10.2. The van der Waals surface area contributed by atoms with Crippen LogP contribution in [0.5, 0.6) is 17.4 Å². The Kier molecular flexibility index (Phi) is 16.9. The van der Waals surface area contributed by atoms with Gasteiger partial charge in [-0.1, -0.05) is 99.6 Å². The maximum atomic E-state index is 14.4. The van der Waals surface area contributed by atoms with Crippen molar-refractivity contribution in [3.05, 3.63) is 148 Å². The van der Waals surface area contributed by atoms with Gasteiger partial charge in [0.2, 0.25) is 11.8 Å². The topological polar surface area (TPSA) is 189 Å². The van der Waals surface area contributed by atoms with Crippen LogP contribution in [0.15, 0.2) is 124 Å². The molecule has 2 aromatic heterocycles. The third-order valence-corrected chi connectivity index (χ3v) is 14.4. The Morgan fingerprint density at radius 2 is 1.64 bits per heavy atom. The molecule has 4 heterocycles. The molecule has 0 bridgehead atoms. The predicted octanol–water partition coefficient (Wildman–Crippen LogP) is 9.04. The molecule has 1 fully saturated rings. The molecule has 73 heavy (non-hydrogen) atoms. The lowest BCUT2D eigenvalue weighted by molar-refractivity contribution is -0.134. The molecule has 15 nitrogen and oxygen atoms in total. The molecule has 2 aliphatic heterocycles. The van der Waals surface area contributed by atoms with Crippen molar-refractivity contribution in [1.29, 1.82) is 0 Å². The van der Waals surface area contributed by atoms with E-state index in [1.807, 2.05) is 99.6 Å². The minimum atomic E-state index is -1.22. The average molecular weight is 1010 g/mol. The number of amides is 3. The summed E-state index contributed by atoms with van der Waals surface area (Å²) in [6.45, 7) is 11.3. The number of amidine groups is 1. The van der Waals surface area contributed by atoms with Gasteiger partial charge >= 0.3 is 0 Å². The predicted molar refractivity (Wildman–Crippen MR) is 281 cm³/mol. The Labute approximate surface area is 430 Å². The number of hydrogen-bond acceptors (Lipinski definition) is 13. The Bertz CT molecular complexity index is 2900. The molecule has 3 N–H and O–H groups in total. The summed E-state index contributed by atoms with van der Waals surface area (Å²) in [6, 6.07) is 34.2. The summed E-state index contributed by atoms with van der Waals surface area (Å²) in [5.41, 5.74) is 8.71. The number of likely N-dealkylation sites (tertiary alicyclic amines) is 1. The third kappa shape index (κ3) is 12.2. The first-order valence-electron chi connectivity index (χ1n) is 24.9. The molecule has 1 saturated heterocycles. The maximum Gasteiger partial charge on any atom is 0.257 e. The van der Waals surface area contributed by atoms with E-state index in [0.29, 0.717) is 55.5 Å². The number of aromatic hydroxyl groups is 1. The Morgan fingerprint density at radius 1 is 0.932 bits per heavy atom. The summed E-state index contributed by atoms with van der Waals surface area (Å²) in [7, 11) is 1.76. The second-order valence-electron chi connectivity index (χ2n) is 18.9. The second-order valence-corrected chi connectivity index (χ2v) is 19.8. The molecule has 0 radical (unpaired) electrons. The Hall–Kier alpha value is -7.14. The number of hydrogen-bond donors (Lipinski definition) is 3. The van der Waals surface area contributed by atoms with Crippen molar-refractivity contribution in [3.8, 4) is 27.8 Å². The van der Waals surface area contributed by atoms with Gasteiger partial charge in [-0.15, -0.1) is 11.3 Å². The van der Waals surface area contributed by atoms with Gasteiger partial charge in [0.05, 0.1) is 41.4 Å². The highest BCUT2D eigenvalue weighted by atomic mass is 32.1. The average Bonchev–Trinajstić information content (AvgIpc) is 4.20. The number of ether oxygens (including phenoxy) is 3. The number of nitrogens with zero attached hydrogens (tertiary/aromatic N) is 5. The van der Waals surface area contributed by atoms with E-state index in [1.165, 1.54) is 5.57 Å². The molecule has 16 heteroatoms. The number of nitrogens with one attached hydrogen (secondary N) is 1. The smallest absolute Gasteiger partial charge is 0.257 e. The van der Waals surface area contributed by atoms with Crippen LogP contribution < -0.4 is 14.8 Å². The van der Waals surface area contributed by atoms with Crippen LogP contribution in [-0.4, -0.2) is 112 Å². The molecule has 0 saturated carbocycles. The van der Waals surface area contributed by atoms with Crippen LogP contribution in [0, 0.1) is 12.8 Å². The number of β-amino-alcohol motifs (C(OH)–C–C–N with tert-alkyl or cyclic N) is 1. The van der Waals surface area contributed by atoms with Crippen molar-refractivity contribution in [2.75, 3.05) is 46.6 Å². The van der Waals surface area contributed by atoms with E-state index >= 15 is 0 Å². The minimum Gasteiger partial charge on any atom is -0.508 e. The van der Waals surface area contributed by atoms with Gasteiger partial charge in [0.25, 0.3) is 11.8 Å². The Balaban J connectivity index is 0.767. The van der Waals surface area contributed by atoms with E-state index in [1.54, 1.807) is 58.8 Å². The number of aryl methyl sites for hydroxylation is 1. The molecule has 6 aromatic rings. The van der Waals surface area contributed by atoms with Gasteiger partial charge in [-0.05, 0) is 101 Å². The second kappa shape index (κ2) is 23.6. The molecular formula is C57H64N6O9S. The third-order valence-electron chi connectivity index (χ3n) is 13.5. The number of aliphatic hydroxyl groups is 1. The molecule has 0 aliphatic carbocycles. The summed E-state index contributed by atoms with van der Waals surface area (Å²) >= 11 is 1.56. The van der Waals surface area contributed by atoms with Gasteiger partial charge in [0.1, 0.15) is 36.5 Å². The molecule has 3 amide bonds. The summed E-state index contributed by atoms with van der Waals surface area (Å²) in [5.74, 6) is 0.220. The summed E-state index contributed by atoms with van der Waals surface area (Å²) in [6.07, 6.45) is 1.07. The van der Waals surface area contributed by atoms with Crippen molar-refractivity contribution >= 4 is 46.0 Å². The van der Waals surface area contributed by atoms with Gasteiger partial charge in [0, 0.05) is 39.1 Å². The van der Waals surface area contributed by atoms with Crippen LogP contribution in [0.2, 0.25) is 0 Å². The van der Waals surface area contributed by atoms with Crippen molar-refractivity contribution in [3.63, 3.8) is 0 Å². The van der Waals surface area contributed by atoms with Crippen LogP contribution in [0.1, 0.15) is 93.0 Å². The van der Waals surface area contributed by atoms with Crippen LogP contribution in [0.25, 0.3) is 21.6 Å². The molecule has 4 aromatic carbocycles. The molecule has 4 atom stereocenters. The van der Waals surface area contributed by atoms with E-state index < -0.39 is 23.6 Å². The zero-order chi connectivity index (χ0) is 51.6. The zero-order valence-corrected chi connectivity index (χ0v) is 43.1. The standard InChI is InChI=1S/C57H64N6O9S/c1-7-46(38-12-9-8-10-13-38)52(39-17-23-43(64)24-18-39)40-19-25-45(26-20-40)70-29-27-62(6)50(66)14-11-28-69-30-31-71-49-33-48(72-61-49)51(36(2)3)55(67)63-34-44(65)32-47(63)54-59-56(68)57(5,60-54)42-21-15-41(16-22-42)53-37(4)58-35-73-53/h8-10,12-13,15-26,33,35-36,44,47,51,64-65H,7,11,14,27-32,34H2,1-6H3,(H,59,60,68)/b52-46-/t44-,47-,51+,57+/m1/s1. The fraction of sp³-hybridized carbons (Fsp3) is 0.368. The lowest BCUT2D eigenvalue weighted by atomic mass is 9.88. The van der Waals surface area contributed by atoms with Gasteiger partial charge < -0.3 is 44.1 Å². The maximum absolute atomic E-state index is 14.4. The van der Waals surface area contributed by atoms with Gasteiger partial charge in [-0.25, -0.2) is 9.98 Å². The van der Waals surface area contributed by atoms with Gasteiger partial charge in [-0.3, -0.25) is 14.4 Å². The first-order valence-corrected chi connectivity index (χ1v) is 25.7. The number of phenols is 1. The highest BCUT2D eigenvalue weighted by Gasteiger charge is 2.48. The van der Waals surface area contributed by atoms with Crippen LogP contribution in [0.3, 0.4) is 0 Å². The van der Waals surface area contributed by atoms with Crippen LogP contribution >= 0.6 is 11.3 Å². The van der Waals surface area contributed by atoms with E-state index in [-0.39, 0.29) is 61.4 Å². The highest BCUT2D eigenvalue weighted by molar-refractivity contribution is 7.13. The summed E-state index contributed by atoms with van der Waals surface area (Å²) in [4.78, 5) is 54.3. The van der Waals surface area contributed by atoms with Crippen molar-refractivity contribution in [1.82, 2.24) is 25.3 Å². The largest absolute Gasteiger partial charge is 0.508 e. The number of carbonyl (C=O) groups excluding carboxylic acids is 3. The monoisotopic (exact) mass is 1010 g/mol. The first-order chi connectivity index (χ1) is 35.2. The van der Waals surface area contributed by atoms with Gasteiger partial charge in [0.15, 0.2) is 11.3 Å². The van der Waals surface area contributed by atoms with E-state index in [4.69, 9.17) is 23.7 Å². The molecule has 382 valence electrons. The number of aliphatic hydroxyl groups excluding tert-OH is 1. The minimum absolute atomic E-state index is 0.0155. The quantitative estimate of drug-likeness (QED) is 0.0435. The van der Waals surface area contributed by atoms with Crippen molar-refractivity contribution in [2.45, 2.75) is 83.9 Å². The fourth-order valence-electron chi connectivity index (χ4n) is 9.43. The van der Waals surface area contributed by atoms with E-state index in [2.05, 4.69) is 34.5 Å². The molecule has 0 unspecified atom stereocenters. The molecular weight excluding hydrogens is 945 g/mol. The number of carbonyl (C=O) groups is 3. The van der Waals surface area contributed by atoms with Crippen molar-refractivity contribution < 1.29 is 43.3 Å². The number of aromatic nitrogens is 2. The molecule has 8 rings (SSSR count). The number of allylic oxidation sites excluding steroid dienone is 1. The first kappa shape index (κ1) is 52.2. The SMILES string of the molecule is CC/C(=C(\c1ccc(O)cc1)c1ccc(OCCN(C)C(=O)CCCOCCOc2cc([C@@H](C(=O)N3C[C@H](O)C[C@@H]3C3=N[C@@](C)(c4ccc(-c5scnc5C)cc4)C(=O)N3)C(C)C)on2)cc1)c1ccccc1. The number of phenolic OH excluding ortho intramolecular Hbond substituents is 1. The normalized spacial score (nSPS) is 18.3. The number of benzene rings is 4. The van der Waals surface area contributed by atoms with Gasteiger partial charge in [-0.2, -0.15) is 0 Å². The highest BCUT2D eigenvalue weighted by Crippen LogP contribution is 2.38. The molecule has 0 spiro atoms. The summed E-state index contributed by atoms with van der Waals surface area (Å²) in [5, 5.41) is 27.8. The van der Waals surface area contributed by atoms with E-state index in [9.17, 15) is 24.6 Å². The number of rotatable bonds is 22. The zero-order valence-electron chi connectivity index (χ0n) is 42.2.